The van der Waals surface area contributed by atoms with Crippen LogP contribution in [-0.2, 0) is 12.8 Å². The number of aromatic nitrogens is 2. The fourth-order valence-corrected chi connectivity index (χ4v) is 5.55. The molecule has 0 spiro atoms. The minimum Gasteiger partial charge on any atom is -0.338 e. The van der Waals surface area contributed by atoms with Crippen LogP contribution >= 0.6 is 22.9 Å². The summed E-state index contributed by atoms with van der Waals surface area (Å²) in [6.07, 6.45) is 7.64. The van der Waals surface area contributed by atoms with Gasteiger partial charge < -0.3 is 9.80 Å². The lowest BCUT2D eigenvalue weighted by atomic mass is 9.91. The van der Waals surface area contributed by atoms with Crippen molar-refractivity contribution in [1.82, 2.24) is 19.8 Å². The number of piperazine rings is 1. The summed E-state index contributed by atoms with van der Waals surface area (Å²) in [6.45, 7) is 5.56. The van der Waals surface area contributed by atoms with Crippen LogP contribution in [-0.4, -0.2) is 71.0 Å². The van der Waals surface area contributed by atoms with E-state index in [0.29, 0.717) is 23.0 Å². The van der Waals surface area contributed by atoms with Crippen molar-refractivity contribution in [3.8, 4) is 0 Å². The first-order valence-corrected chi connectivity index (χ1v) is 11.8. The van der Waals surface area contributed by atoms with Crippen molar-refractivity contribution in [2.45, 2.75) is 38.1 Å². The standard InChI is InChI=1S/C21H26ClN5OS/c22-17-6-13-29-19(17)20(28)26-7-4-15-14-23-21(24-18(15)5-8-26)27-11-9-25(10-12-27)16-2-1-3-16/h6,13-14,16H,1-5,7-12H2. The van der Waals surface area contributed by atoms with E-state index in [4.69, 9.17) is 16.6 Å². The number of carbonyl (C=O) groups excluding carboxylic acids is 1. The van der Waals surface area contributed by atoms with Crippen molar-refractivity contribution in [2.24, 2.45) is 0 Å². The number of fused-ring (bicyclic) bond motifs is 1. The highest BCUT2D eigenvalue weighted by Crippen LogP contribution is 2.27. The van der Waals surface area contributed by atoms with Crippen LogP contribution < -0.4 is 4.90 Å². The largest absolute Gasteiger partial charge is 0.338 e. The van der Waals surface area contributed by atoms with E-state index in [-0.39, 0.29) is 5.91 Å². The summed E-state index contributed by atoms with van der Waals surface area (Å²) < 4.78 is 0. The van der Waals surface area contributed by atoms with E-state index in [9.17, 15) is 4.79 Å². The quantitative estimate of drug-likeness (QED) is 0.747. The number of halogens is 1. The molecule has 0 unspecified atom stereocenters. The summed E-state index contributed by atoms with van der Waals surface area (Å²) >= 11 is 7.57. The molecule has 3 aliphatic rings. The molecule has 0 radical (unpaired) electrons. The number of rotatable bonds is 3. The van der Waals surface area contributed by atoms with Gasteiger partial charge in [-0.3, -0.25) is 9.69 Å². The summed E-state index contributed by atoms with van der Waals surface area (Å²) in [6, 6.07) is 2.60. The van der Waals surface area contributed by atoms with Crippen LogP contribution in [0.2, 0.25) is 5.02 Å². The Bertz CT molecular complexity index is 891. The summed E-state index contributed by atoms with van der Waals surface area (Å²) in [5.41, 5.74) is 2.25. The van der Waals surface area contributed by atoms with Crippen LogP contribution in [0.5, 0.6) is 0 Å². The molecule has 1 saturated carbocycles. The summed E-state index contributed by atoms with van der Waals surface area (Å²) in [5, 5.41) is 2.41. The molecule has 0 bridgehead atoms. The van der Waals surface area contributed by atoms with Gasteiger partial charge in [-0.25, -0.2) is 9.97 Å². The molecule has 4 heterocycles. The highest BCUT2D eigenvalue weighted by molar-refractivity contribution is 7.12. The molecule has 0 aromatic carbocycles. The molecular formula is C21H26ClN5OS. The van der Waals surface area contributed by atoms with Crippen LogP contribution in [0.1, 0.15) is 40.2 Å². The number of hydrogen-bond acceptors (Lipinski definition) is 6. The number of amides is 1. The number of thiophene rings is 1. The fourth-order valence-electron chi connectivity index (χ4n) is 4.45. The van der Waals surface area contributed by atoms with E-state index in [1.165, 1.54) is 30.6 Å². The second kappa shape index (κ2) is 8.20. The van der Waals surface area contributed by atoms with Gasteiger partial charge >= 0.3 is 0 Å². The van der Waals surface area contributed by atoms with Crippen molar-refractivity contribution >= 4 is 34.8 Å². The Kier molecular flexibility index (Phi) is 5.45. The van der Waals surface area contributed by atoms with Crippen LogP contribution in [0.4, 0.5) is 5.95 Å². The van der Waals surface area contributed by atoms with Gasteiger partial charge in [0.05, 0.1) is 10.7 Å². The first-order valence-electron chi connectivity index (χ1n) is 10.5. The van der Waals surface area contributed by atoms with Gasteiger partial charge in [0, 0.05) is 57.9 Å². The molecule has 5 rings (SSSR count). The Hall–Kier alpha value is -1.70. The molecule has 0 N–H and O–H groups in total. The third-order valence-corrected chi connectivity index (χ3v) is 7.83. The fraction of sp³-hybridized carbons (Fsp3) is 0.571. The number of carbonyl (C=O) groups is 1. The maximum absolute atomic E-state index is 12.8. The Morgan fingerprint density at radius 1 is 1.10 bits per heavy atom. The average Bonchev–Trinajstić information content (AvgIpc) is 3.01. The van der Waals surface area contributed by atoms with E-state index in [1.807, 2.05) is 16.5 Å². The molecule has 8 heteroatoms. The predicted molar refractivity (Wildman–Crippen MR) is 116 cm³/mol. The third-order valence-electron chi connectivity index (χ3n) is 6.50. The number of nitrogens with zero attached hydrogens (tertiary/aromatic N) is 5. The van der Waals surface area contributed by atoms with Gasteiger partial charge in [-0.05, 0) is 36.3 Å². The lowest BCUT2D eigenvalue weighted by molar-refractivity contribution is 0.0768. The normalized spacial score (nSPS) is 20.9. The van der Waals surface area contributed by atoms with Gasteiger partial charge in [-0.2, -0.15) is 0 Å². The van der Waals surface area contributed by atoms with E-state index in [0.717, 1.165) is 62.3 Å². The molecule has 154 valence electrons. The van der Waals surface area contributed by atoms with Crippen LogP contribution in [0.25, 0.3) is 0 Å². The van der Waals surface area contributed by atoms with E-state index in [1.54, 1.807) is 6.07 Å². The number of hydrogen-bond donors (Lipinski definition) is 0. The molecule has 2 aromatic rings. The molecule has 6 nitrogen and oxygen atoms in total. The summed E-state index contributed by atoms with van der Waals surface area (Å²) in [7, 11) is 0. The monoisotopic (exact) mass is 431 g/mol. The molecule has 2 aliphatic heterocycles. The molecule has 29 heavy (non-hydrogen) atoms. The minimum atomic E-state index is 0.0260. The second-order valence-electron chi connectivity index (χ2n) is 8.14. The second-order valence-corrected chi connectivity index (χ2v) is 9.46. The lowest BCUT2D eigenvalue weighted by Crippen LogP contribution is -2.52. The topological polar surface area (TPSA) is 52.6 Å². The zero-order valence-corrected chi connectivity index (χ0v) is 18.1. The highest BCUT2D eigenvalue weighted by atomic mass is 35.5. The molecule has 1 saturated heterocycles. The summed E-state index contributed by atoms with van der Waals surface area (Å²) in [4.78, 5) is 29.9. The van der Waals surface area contributed by atoms with E-state index < -0.39 is 0 Å². The van der Waals surface area contributed by atoms with E-state index >= 15 is 0 Å². The first-order chi connectivity index (χ1) is 14.2. The lowest BCUT2D eigenvalue weighted by Gasteiger charge is -2.43. The molecule has 1 aliphatic carbocycles. The first kappa shape index (κ1) is 19.3. The van der Waals surface area contributed by atoms with Gasteiger partial charge in [0.2, 0.25) is 5.95 Å². The SMILES string of the molecule is O=C(c1sccc1Cl)N1CCc2cnc(N3CCN(C4CCC4)CC3)nc2CC1. The van der Waals surface area contributed by atoms with E-state index in [2.05, 4.69) is 14.8 Å². The minimum absolute atomic E-state index is 0.0260. The van der Waals surface area contributed by atoms with Crippen molar-refractivity contribution in [2.75, 3.05) is 44.2 Å². The van der Waals surface area contributed by atoms with Crippen molar-refractivity contribution in [1.29, 1.82) is 0 Å². The average molecular weight is 432 g/mol. The van der Waals surface area contributed by atoms with Crippen LogP contribution in [0, 0.1) is 0 Å². The molecule has 0 atom stereocenters. The Morgan fingerprint density at radius 3 is 2.59 bits per heavy atom. The maximum Gasteiger partial charge on any atom is 0.265 e. The van der Waals surface area contributed by atoms with Gasteiger partial charge in [0.15, 0.2) is 0 Å². The van der Waals surface area contributed by atoms with Crippen LogP contribution in [0.3, 0.4) is 0 Å². The molecule has 2 aromatic heterocycles. The van der Waals surface area contributed by atoms with Gasteiger partial charge in [-0.1, -0.05) is 18.0 Å². The Labute approximate surface area is 180 Å². The van der Waals surface area contributed by atoms with Crippen molar-refractivity contribution in [3.63, 3.8) is 0 Å². The Balaban J connectivity index is 1.24. The maximum atomic E-state index is 12.8. The van der Waals surface area contributed by atoms with Gasteiger partial charge in [-0.15, -0.1) is 11.3 Å². The van der Waals surface area contributed by atoms with Crippen LogP contribution in [0.15, 0.2) is 17.6 Å². The molecular weight excluding hydrogens is 406 g/mol. The Morgan fingerprint density at radius 2 is 1.90 bits per heavy atom. The predicted octanol–water partition coefficient (Wildman–Crippen LogP) is 3.11. The highest BCUT2D eigenvalue weighted by Gasteiger charge is 2.29. The third kappa shape index (κ3) is 3.88. The van der Waals surface area contributed by atoms with Gasteiger partial charge in [0.25, 0.3) is 5.91 Å². The summed E-state index contributed by atoms with van der Waals surface area (Å²) in [5.74, 6) is 0.871. The van der Waals surface area contributed by atoms with Crippen molar-refractivity contribution in [3.05, 3.63) is 38.8 Å². The molecule has 2 fully saturated rings. The smallest absolute Gasteiger partial charge is 0.265 e. The molecule has 1 amide bonds. The van der Waals surface area contributed by atoms with Gasteiger partial charge in [0.1, 0.15) is 4.88 Å². The zero-order valence-electron chi connectivity index (χ0n) is 16.5. The zero-order chi connectivity index (χ0) is 19.8. The number of anilines is 1. The van der Waals surface area contributed by atoms with Crippen molar-refractivity contribution < 1.29 is 4.79 Å².